The van der Waals surface area contributed by atoms with Crippen LogP contribution in [0.3, 0.4) is 0 Å². The van der Waals surface area contributed by atoms with Crippen molar-refractivity contribution in [3.63, 3.8) is 0 Å². The van der Waals surface area contributed by atoms with Gasteiger partial charge in [-0.15, -0.1) is 0 Å². The topological polar surface area (TPSA) is 53.6 Å². The van der Waals surface area contributed by atoms with Crippen LogP contribution in [0.15, 0.2) is 30.3 Å². The van der Waals surface area contributed by atoms with Crippen molar-refractivity contribution in [2.45, 2.75) is 0 Å². The number of nitrogens with zero attached hydrogens (tertiary/aromatic N) is 2. The van der Waals surface area contributed by atoms with Gasteiger partial charge in [-0.25, -0.2) is 0 Å². The second kappa shape index (κ2) is 3.61. The van der Waals surface area contributed by atoms with Crippen molar-refractivity contribution < 1.29 is 0 Å². The Morgan fingerprint density at radius 3 is 2.81 bits per heavy atom. The number of benzene rings is 1. The number of H-pyrrole nitrogens is 1. The zero-order chi connectivity index (χ0) is 11.0. The van der Waals surface area contributed by atoms with Crippen molar-refractivity contribution in [2.24, 2.45) is 0 Å². The molecule has 0 aliphatic heterocycles. The van der Waals surface area contributed by atoms with Gasteiger partial charge in [-0.1, -0.05) is 41.7 Å². The average molecular weight is 230 g/mol. The SMILES string of the molecule is CNc1nc2n[nH]c(-c3ccccc3)c2s1. The third-order valence-electron chi connectivity index (χ3n) is 2.39. The average Bonchev–Trinajstić information content (AvgIpc) is 2.88. The highest BCUT2D eigenvalue weighted by atomic mass is 32.1. The van der Waals surface area contributed by atoms with Gasteiger partial charge in [0.2, 0.25) is 0 Å². The van der Waals surface area contributed by atoms with E-state index in [-0.39, 0.29) is 0 Å². The van der Waals surface area contributed by atoms with Crippen LogP contribution in [0.25, 0.3) is 21.6 Å². The van der Waals surface area contributed by atoms with Crippen LogP contribution in [0, 0.1) is 0 Å². The van der Waals surface area contributed by atoms with Gasteiger partial charge < -0.3 is 5.32 Å². The van der Waals surface area contributed by atoms with Crippen LogP contribution in [-0.2, 0) is 0 Å². The van der Waals surface area contributed by atoms with Gasteiger partial charge in [-0.2, -0.15) is 10.1 Å². The number of fused-ring (bicyclic) bond motifs is 1. The molecule has 4 nitrogen and oxygen atoms in total. The lowest BCUT2D eigenvalue weighted by molar-refractivity contribution is 1.10. The van der Waals surface area contributed by atoms with Crippen LogP contribution in [0.4, 0.5) is 5.13 Å². The van der Waals surface area contributed by atoms with E-state index in [2.05, 4.69) is 32.6 Å². The molecule has 0 unspecified atom stereocenters. The fourth-order valence-corrected chi connectivity index (χ4v) is 2.49. The molecule has 80 valence electrons. The third kappa shape index (κ3) is 1.37. The molecule has 0 aliphatic carbocycles. The predicted molar refractivity (Wildman–Crippen MR) is 66.7 cm³/mol. The van der Waals surface area contributed by atoms with Crippen molar-refractivity contribution in [2.75, 3.05) is 12.4 Å². The maximum Gasteiger partial charge on any atom is 0.194 e. The van der Waals surface area contributed by atoms with E-state index in [1.165, 1.54) is 0 Å². The summed E-state index contributed by atoms with van der Waals surface area (Å²) in [4.78, 5) is 4.34. The van der Waals surface area contributed by atoms with Gasteiger partial charge in [0.25, 0.3) is 0 Å². The molecule has 16 heavy (non-hydrogen) atoms. The van der Waals surface area contributed by atoms with Crippen molar-refractivity contribution in [3.8, 4) is 11.3 Å². The minimum atomic E-state index is 0.771. The zero-order valence-electron chi connectivity index (χ0n) is 8.69. The molecule has 0 atom stereocenters. The minimum Gasteiger partial charge on any atom is -0.365 e. The van der Waals surface area contributed by atoms with Gasteiger partial charge in [0, 0.05) is 12.6 Å². The number of nitrogens with one attached hydrogen (secondary N) is 2. The Bertz CT molecular complexity index is 611. The zero-order valence-corrected chi connectivity index (χ0v) is 9.51. The van der Waals surface area contributed by atoms with Crippen molar-refractivity contribution in [1.82, 2.24) is 15.2 Å². The molecule has 0 saturated carbocycles. The van der Waals surface area contributed by atoms with Gasteiger partial charge >= 0.3 is 0 Å². The lowest BCUT2D eigenvalue weighted by atomic mass is 10.2. The van der Waals surface area contributed by atoms with E-state index in [1.807, 2.05) is 25.2 Å². The number of hydrogen-bond acceptors (Lipinski definition) is 4. The number of rotatable bonds is 2. The van der Waals surface area contributed by atoms with E-state index in [1.54, 1.807) is 11.3 Å². The first kappa shape index (κ1) is 9.35. The quantitative estimate of drug-likeness (QED) is 0.711. The summed E-state index contributed by atoms with van der Waals surface area (Å²) in [5.41, 5.74) is 2.94. The molecule has 0 spiro atoms. The Labute approximate surface area is 96.3 Å². The number of aromatic nitrogens is 3. The molecular weight excluding hydrogens is 220 g/mol. The summed E-state index contributed by atoms with van der Waals surface area (Å²) in [7, 11) is 1.86. The summed E-state index contributed by atoms with van der Waals surface area (Å²) in [5.74, 6) is 0. The highest BCUT2D eigenvalue weighted by Gasteiger charge is 2.12. The molecule has 2 aromatic heterocycles. The largest absolute Gasteiger partial charge is 0.365 e. The number of hydrogen-bond donors (Lipinski definition) is 2. The molecule has 2 heterocycles. The first-order valence-corrected chi connectivity index (χ1v) is 5.78. The minimum absolute atomic E-state index is 0.771. The molecule has 5 heteroatoms. The second-order valence-corrected chi connectivity index (χ2v) is 4.39. The van der Waals surface area contributed by atoms with Crippen molar-refractivity contribution >= 4 is 26.8 Å². The van der Waals surface area contributed by atoms with Gasteiger partial charge in [-0.3, -0.25) is 5.10 Å². The van der Waals surface area contributed by atoms with Gasteiger partial charge in [0.15, 0.2) is 10.8 Å². The molecule has 0 amide bonds. The van der Waals surface area contributed by atoms with E-state index in [0.29, 0.717) is 0 Å². The summed E-state index contributed by atoms with van der Waals surface area (Å²) in [6, 6.07) is 10.2. The van der Waals surface area contributed by atoms with Crippen LogP contribution in [0.5, 0.6) is 0 Å². The predicted octanol–water partition coefficient (Wildman–Crippen LogP) is 2.73. The molecule has 0 bridgehead atoms. The standard InChI is InChI=1S/C11H10N4S/c1-12-11-13-10-9(16-11)8(14-15-10)7-5-3-2-4-6-7/h2-6H,1H3,(H2,12,13,14,15). The maximum absolute atomic E-state index is 4.34. The van der Waals surface area contributed by atoms with Gasteiger partial charge in [0.1, 0.15) is 4.70 Å². The third-order valence-corrected chi connectivity index (χ3v) is 3.47. The highest BCUT2D eigenvalue weighted by Crippen LogP contribution is 2.32. The fraction of sp³-hybridized carbons (Fsp3) is 0.0909. The van der Waals surface area contributed by atoms with Crippen LogP contribution >= 0.6 is 11.3 Å². The first-order chi connectivity index (χ1) is 7.88. The summed E-state index contributed by atoms with van der Waals surface area (Å²) >= 11 is 1.61. The second-order valence-electron chi connectivity index (χ2n) is 3.39. The first-order valence-electron chi connectivity index (χ1n) is 4.96. The molecule has 0 fully saturated rings. The molecular formula is C11H10N4S. The summed E-state index contributed by atoms with van der Waals surface area (Å²) in [5, 5.41) is 11.2. The van der Waals surface area contributed by atoms with Crippen LogP contribution in [0.1, 0.15) is 0 Å². The Hall–Kier alpha value is -1.88. The molecule has 0 radical (unpaired) electrons. The Morgan fingerprint density at radius 1 is 1.25 bits per heavy atom. The summed E-state index contributed by atoms with van der Waals surface area (Å²) < 4.78 is 1.09. The van der Waals surface area contributed by atoms with E-state index in [4.69, 9.17) is 0 Å². The highest BCUT2D eigenvalue weighted by molar-refractivity contribution is 7.22. The van der Waals surface area contributed by atoms with E-state index >= 15 is 0 Å². The number of thiazole rings is 1. The molecule has 3 rings (SSSR count). The van der Waals surface area contributed by atoms with Crippen molar-refractivity contribution in [3.05, 3.63) is 30.3 Å². The Balaban J connectivity index is 2.20. The van der Waals surface area contributed by atoms with Crippen molar-refractivity contribution in [1.29, 1.82) is 0 Å². The molecule has 3 aromatic rings. The van der Waals surface area contributed by atoms with Gasteiger partial charge in [0.05, 0.1) is 5.69 Å². The van der Waals surface area contributed by atoms with Crippen LogP contribution < -0.4 is 5.32 Å². The Kier molecular flexibility index (Phi) is 2.11. The maximum atomic E-state index is 4.34. The molecule has 0 saturated heterocycles. The molecule has 1 aromatic carbocycles. The van der Waals surface area contributed by atoms with Gasteiger partial charge in [-0.05, 0) is 0 Å². The molecule has 0 aliphatic rings. The number of aromatic amines is 1. The Morgan fingerprint density at radius 2 is 2.06 bits per heavy atom. The smallest absolute Gasteiger partial charge is 0.194 e. The van der Waals surface area contributed by atoms with Crippen LogP contribution in [-0.4, -0.2) is 22.2 Å². The monoisotopic (exact) mass is 230 g/mol. The summed E-state index contributed by atoms with van der Waals surface area (Å²) in [6.07, 6.45) is 0. The normalized spacial score (nSPS) is 10.8. The van der Waals surface area contributed by atoms with E-state index in [9.17, 15) is 0 Å². The lowest BCUT2D eigenvalue weighted by Crippen LogP contribution is -1.85. The fourth-order valence-electron chi connectivity index (χ4n) is 1.62. The van der Waals surface area contributed by atoms with E-state index in [0.717, 1.165) is 26.7 Å². The van der Waals surface area contributed by atoms with E-state index < -0.39 is 0 Å². The van der Waals surface area contributed by atoms with Crippen LogP contribution in [0.2, 0.25) is 0 Å². The number of anilines is 1. The summed E-state index contributed by atoms with van der Waals surface area (Å²) in [6.45, 7) is 0. The molecule has 2 N–H and O–H groups in total. The lowest BCUT2D eigenvalue weighted by Gasteiger charge is -1.95.